The minimum atomic E-state index is -1.87. The molecular formula is C15H19BFNO4. The molecule has 7 heteroatoms. The minimum absolute atomic E-state index is 0.0584. The molecule has 0 spiro atoms. The Morgan fingerprint density at radius 2 is 1.95 bits per heavy atom. The molecule has 5 nitrogen and oxygen atoms in total. The van der Waals surface area contributed by atoms with E-state index in [1.54, 1.807) is 27.7 Å². The van der Waals surface area contributed by atoms with Crippen molar-refractivity contribution in [2.45, 2.75) is 39.7 Å². The van der Waals surface area contributed by atoms with Gasteiger partial charge in [0.2, 0.25) is 0 Å². The van der Waals surface area contributed by atoms with E-state index in [9.17, 15) is 19.2 Å². The average molecular weight is 307 g/mol. The van der Waals surface area contributed by atoms with Crippen molar-refractivity contribution in [3.8, 4) is 0 Å². The van der Waals surface area contributed by atoms with Gasteiger partial charge in [-0.2, -0.15) is 0 Å². The maximum atomic E-state index is 13.9. The first-order chi connectivity index (χ1) is 10.1. The van der Waals surface area contributed by atoms with Crippen molar-refractivity contribution in [3.63, 3.8) is 0 Å². The summed E-state index contributed by atoms with van der Waals surface area (Å²) in [7, 11) is -1.87. The third-order valence-corrected chi connectivity index (χ3v) is 3.22. The van der Waals surface area contributed by atoms with E-state index >= 15 is 0 Å². The normalized spacial score (nSPS) is 11.8. The van der Waals surface area contributed by atoms with Crippen LogP contribution in [0, 0.1) is 5.82 Å². The number of hydrogen-bond acceptors (Lipinski definition) is 4. The monoisotopic (exact) mass is 307 g/mol. The summed E-state index contributed by atoms with van der Waals surface area (Å²) in [6, 6.07) is 4.17. The summed E-state index contributed by atoms with van der Waals surface area (Å²) in [4.78, 5) is 12.4. The Kier molecular flexibility index (Phi) is 4.31. The number of hydrogen-bond donors (Lipinski definition) is 2. The van der Waals surface area contributed by atoms with Crippen molar-refractivity contribution in [3.05, 3.63) is 29.6 Å². The number of benzene rings is 1. The highest BCUT2D eigenvalue weighted by atomic mass is 19.1. The number of nitrogens with zero attached hydrogens (tertiary/aromatic N) is 1. The zero-order valence-corrected chi connectivity index (χ0v) is 13.1. The summed E-state index contributed by atoms with van der Waals surface area (Å²) in [5.74, 6) is -0.393. The smallest absolute Gasteiger partial charge is 0.443 e. The lowest BCUT2D eigenvalue weighted by molar-refractivity contribution is 0.0547. The summed E-state index contributed by atoms with van der Waals surface area (Å²) in [5, 5.41) is 19.4. The second-order valence-corrected chi connectivity index (χ2v) is 6.11. The number of aromatic nitrogens is 1. The van der Waals surface area contributed by atoms with Gasteiger partial charge in [0.25, 0.3) is 0 Å². The second kappa shape index (κ2) is 5.74. The fourth-order valence-electron chi connectivity index (χ4n) is 2.26. The van der Waals surface area contributed by atoms with Crippen LogP contribution >= 0.6 is 0 Å². The van der Waals surface area contributed by atoms with Gasteiger partial charge in [-0.25, -0.2) is 9.18 Å². The lowest BCUT2D eigenvalue weighted by Gasteiger charge is -2.21. The van der Waals surface area contributed by atoms with Crippen molar-refractivity contribution in [2.75, 3.05) is 0 Å². The van der Waals surface area contributed by atoms with Crippen molar-refractivity contribution in [1.82, 2.24) is 4.57 Å². The maximum Gasteiger partial charge on any atom is 0.506 e. The summed E-state index contributed by atoms with van der Waals surface area (Å²) >= 11 is 0. The van der Waals surface area contributed by atoms with Crippen molar-refractivity contribution >= 4 is 29.7 Å². The van der Waals surface area contributed by atoms with E-state index in [0.717, 1.165) is 4.57 Å². The van der Waals surface area contributed by atoms with E-state index in [-0.39, 0.29) is 5.59 Å². The van der Waals surface area contributed by atoms with Crippen LogP contribution in [0.15, 0.2) is 18.2 Å². The molecule has 0 aliphatic heterocycles. The number of carbonyl (C=O) groups excluding carboxylic acids is 1. The van der Waals surface area contributed by atoms with Crippen LogP contribution in [-0.2, 0) is 11.2 Å². The highest BCUT2D eigenvalue weighted by Crippen LogP contribution is 2.22. The van der Waals surface area contributed by atoms with Crippen LogP contribution in [0.5, 0.6) is 0 Å². The largest absolute Gasteiger partial charge is 0.506 e. The maximum absolute atomic E-state index is 13.9. The lowest BCUT2D eigenvalue weighted by Crippen LogP contribution is -2.41. The molecule has 1 heterocycles. The van der Waals surface area contributed by atoms with Crippen molar-refractivity contribution in [2.24, 2.45) is 0 Å². The second-order valence-electron chi connectivity index (χ2n) is 6.11. The Hall–Kier alpha value is -1.86. The van der Waals surface area contributed by atoms with Gasteiger partial charge in [0, 0.05) is 5.39 Å². The van der Waals surface area contributed by atoms with Gasteiger partial charge in [-0.1, -0.05) is 6.92 Å². The topological polar surface area (TPSA) is 71.7 Å². The van der Waals surface area contributed by atoms with E-state index < -0.39 is 24.6 Å². The summed E-state index contributed by atoms with van der Waals surface area (Å²) in [6.45, 7) is 6.93. The van der Waals surface area contributed by atoms with E-state index in [4.69, 9.17) is 4.74 Å². The minimum Gasteiger partial charge on any atom is -0.443 e. The van der Waals surface area contributed by atoms with Gasteiger partial charge >= 0.3 is 13.2 Å². The number of rotatable bonds is 2. The molecule has 0 saturated heterocycles. The fourth-order valence-corrected chi connectivity index (χ4v) is 2.26. The first kappa shape index (κ1) is 16.5. The lowest BCUT2D eigenvalue weighted by atomic mass is 9.86. The van der Waals surface area contributed by atoms with Crippen molar-refractivity contribution in [1.29, 1.82) is 0 Å². The molecule has 1 aromatic heterocycles. The summed E-state index contributed by atoms with van der Waals surface area (Å²) < 4.78 is 20.2. The Bertz CT molecular complexity index is 718. The Morgan fingerprint density at radius 1 is 1.32 bits per heavy atom. The molecule has 22 heavy (non-hydrogen) atoms. The molecule has 1 aromatic carbocycles. The molecular weight excluding hydrogens is 288 g/mol. The molecule has 0 radical (unpaired) electrons. The van der Waals surface area contributed by atoms with Gasteiger partial charge in [-0.05, 0) is 51.0 Å². The number of ether oxygens (including phenoxy) is 1. The first-order valence-electron chi connectivity index (χ1n) is 7.07. The number of carbonyl (C=O) groups is 1. The Balaban J connectivity index is 2.68. The first-order valence-corrected chi connectivity index (χ1v) is 7.07. The molecule has 0 fully saturated rings. The van der Waals surface area contributed by atoms with E-state index in [1.165, 1.54) is 18.2 Å². The van der Waals surface area contributed by atoms with Crippen LogP contribution in [0.25, 0.3) is 10.9 Å². The predicted molar refractivity (Wildman–Crippen MR) is 82.7 cm³/mol. The molecule has 2 N–H and O–H groups in total. The molecule has 0 bridgehead atoms. The van der Waals surface area contributed by atoms with Crippen LogP contribution in [0.4, 0.5) is 9.18 Å². The van der Waals surface area contributed by atoms with E-state index in [2.05, 4.69) is 0 Å². The molecule has 0 amide bonds. The molecule has 0 aliphatic carbocycles. The number of halogens is 1. The molecule has 0 saturated carbocycles. The summed E-state index contributed by atoms with van der Waals surface area (Å²) in [5.41, 5.74) is 0.0285. The van der Waals surface area contributed by atoms with Gasteiger partial charge in [0.15, 0.2) is 0 Å². The van der Waals surface area contributed by atoms with Crippen LogP contribution in [0.1, 0.15) is 33.3 Å². The van der Waals surface area contributed by atoms with Gasteiger partial charge in [-0.3, -0.25) is 4.57 Å². The van der Waals surface area contributed by atoms with Crippen LogP contribution in [0.3, 0.4) is 0 Å². The number of fused-ring (bicyclic) bond motifs is 1. The average Bonchev–Trinajstić information content (AvgIpc) is 2.74. The Labute approximate surface area is 128 Å². The van der Waals surface area contributed by atoms with Gasteiger partial charge in [0.05, 0.1) is 11.1 Å². The van der Waals surface area contributed by atoms with Crippen LogP contribution in [0.2, 0.25) is 0 Å². The zero-order valence-electron chi connectivity index (χ0n) is 13.1. The van der Waals surface area contributed by atoms with Gasteiger partial charge in [0.1, 0.15) is 11.4 Å². The molecule has 0 atom stereocenters. The van der Waals surface area contributed by atoms with Crippen molar-refractivity contribution < 1.29 is 24.0 Å². The third-order valence-electron chi connectivity index (χ3n) is 3.22. The summed E-state index contributed by atoms with van der Waals surface area (Å²) in [6.07, 6.45) is -0.280. The number of aryl methyl sites for hydroxylation is 1. The van der Waals surface area contributed by atoms with Crippen LogP contribution in [-0.4, -0.2) is 33.4 Å². The molecule has 0 unspecified atom stereocenters. The third kappa shape index (κ3) is 3.15. The molecule has 2 rings (SSSR count). The molecule has 118 valence electrons. The van der Waals surface area contributed by atoms with E-state index in [0.29, 0.717) is 22.9 Å². The van der Waals surface area contributed by atoms with Crippen LogP contribution < -0.4 is 5.59 Å². The fraction of sp³-hybridized carbons (Fsp3) is 0.400. The molecule has 0 aliphatic rings. The zero-order chi connectivity index (χ0) is 16.7. The highest BCUT2D eigenvalue weighted by Gasteiger charge is 2.27. The SMILES string of the molecule is CCc1cc2c(cc1F)cc(B(O)O)n2C(=O)OC(C)(C)C. The predicted octanol–water partition coefficient (Wildman–Crippen LogP) is 1.81. The standard InChI is InChI=1S/C15H19BFNO4/c1-5-9-7-12-10(6-11(9)17)8-13(16(20)21)18(12)14(19)22-15(2,3)4/h6-8,20-21H,5H2,1-4H3. The van der Waals surface area contributed by atoms with Gasteiger partial charge < -0.3 is 14.8 Å². The Morgan fingerprint density at radius 3 is 2.45 bits per heavy atom. The van der Waals surface area contributed by atoms with Gasteiger partial charge in [-0.15, -0.1) is 0 Å². The molecule has 2 aromatic rings. The van der Waals surface area contributed by atoms with E-state index in [1.807, 2.05) is 0 Å². The highest BCUT2D eigenvalue weighted by molar-refractivity contribution is 6.59. The quantitative estimate of drug-likeness (QED) is 0.830.